The third-order valence-corrected chi connectivity index (χ3v) is 6.35. The van der Waals surface area contributed by atoms with Gasteiger partial charge in [-0.2, -0.15) is 0 Å². The van der Waals surface area contributed by atoms with E-state index in [1.807, 2.05) is 0 Å². The van der Waals surface area contributed by atoms with Crippen LogP contribution < -0.4 is 10.1 Å². The van der Waals surface area contributed by atoms with Gasteiger partial charge in [0.1, 0.15) is 11.5 Å². The number of sulfone groups is 1. The van der Waals surface area contributed by atoms with E-state index in [4.69, 9.17) is 4.74 Å². The minimum atomic E-state index is -3.30. The molecule has 2 aromatic rings. The molecule has 3 rings (SSSR count). The summed E-state index contributed by atoms with van der Waals surface area (Å²) in [4.78, 5) is 22.3. The summed E-state index contributed by atoms with van der Waals surface area (Å²) in [6, 6.07) is 10.2. The highest BCUT2D eigenvalue weighted by molar-refractivity contribution is 7.91. The van der Waals surface area contributed by atoms with E-state index in [-0.39, 0.29) is 28.3 Å². The van der Waals surface area contributed by atoms with Gasteiger partial charge in [0.15, 0.2) is 9.84 Å². The third-order valence-electron chi connectivity index (χ3n) is 4.60. The van der Waals surface area contributed by atoms with Crippen molar-refractivity contribution in [2.45, 2.75) is 37.1 Å². The van der Waals surface area contributed by atoms with Crippen LogP contribution in [0.15, 0.2) is 47.4 Å². The first-order valence-corrected chi connectivity index (χ1v) is 10.5. The van der Waals surface area contributed by atoms with Crippen LogP contribution in [0.5, 0.6) is 11.5 Å². The van der Waals surface area contributed by atoms with E-state index in [9.17, 15) is 23.3 Å². The van der Waals surface area contributed by atoms with Gasteiger partial charge >= 0.3 is 0 Å². The summed E-state index contributed by atoms with van der Waals surface area (Å²) in [6.45, 7) is 1.57. The number of nitro benzene ring substituents is 1. The monoisotopic (exact) mass is 404 g/mol. The first-order valence-electron chi connectivity index (χ1n) is 8.86. The number of non-ortho nitro benzene ring substituents is 1. The lowest BCUT2D eigenvalue weighted by Crippen LogP contribution is -2.27. The maximum absolute atomic E-state index is 11.9. The van der Waals surface area contributed by atoms with Crippen LogP contribution in [-0.4, -0.2) is 31.0 Å². The normalized spacial score (nSPS) is 16.6. The lowest BCUT2D eigenvalue weighted by molar-refractivity contribution is -0.384. The van der Waals surface area contributed by atoms with Crippen molar-refractivity contribution in [1.82, 2.24) is 5.32 Å². The lowest BCUT2D eigenvalue weighted by Gasteiger charge is -2.15. The van der Waals surface area contributed by atoms with Crippen molar-refractivity contribution in [3.63, 3.8) is 0 Å². The molecule has 1 aliphatic heterocycles. The number of ether oxygens (including phenoxy) is 1. The molecule has 1 atom stereocenters. The van der Waals surface area contributed by atoms with Crippen LogP contribution in [0.2, 0.25) is 0 Å². The summed E-state index contributed by atoms with van der Waals surface area (Å²) in [6.07, 6.45) is 1.50. The van der Waals surface area contributed by atoms with E-state index in [0.717, 1.165) is 0 Å². The molecule has 0 spiro atoms. The molecule has 2 aromatic carbocycles. The molecule has 1 saturated heterocycles. The zero-order valence-corrected chi connectivity index (χ0v) is 16.1. The van der Waals surface area contributed by atoms with Crippen LogP contribution in [0.1, 0.15) is 25.3 Å². The second-order valence-corrected chi connectivity index (χ2v) is 8.81. The number of amides is 1. The Balaban J connectivity index is 1.86. The standard InChI is InChI=1S/C19H20N2O6S/c1-2-28(25,26)17-7-5-16(6-8-17)27-18-9-4-15(21(23)24)12-13(18)11-14-3-10-19(22)20-14/h4-9,12,14H,2-3,10-11H2,1H3,(H,20,22). The number of hydrogen-bond donors (Lipinski definition) is 1. The summed E-state index contributed by atoms with van der Waals surface area (Å²) >= 11 is 0. The molecule has 28 heavy (non-hydrogen) atoms. The minimum Gasteiger partial charge on any atom is -0.457 e. The van der Waals surface area contributed by atoms with Gasteiger partial charge in [0, 0.05) is 30.2 Å². The second-order valence-electron chi connectivity index (χ2n) is 6.53. The topological polar surface area (TPSA) is 116 Å². The SMILES string of the molecule is CCS(=O)(=O)c1ccc(Oc2ccc([N+](=O)[O-])cc2CC2CCC(=O)N2)cc1. The van der Waals surface area contributed by atoms with Crippen molar-refractivity contribution >= 4 is 21.4 Å². The summed E-state index contributed by atoms with van der Waals surface area (Å²) in [5, 5.41) is 14.0. The Morgan fingerprint density at radius 3 is 2.50 bits per heavy atom. The van der Waals surface area contributed by atoms with E-state index < -0.39 is 14.8 Å². The van der Waals surface area contributed by atoms with Crippen molar-refractivity contribution in [2.24, 2.45) is 0 Å². The second kappa shape index (κ2) is 7.97. The number of rotatable bonds is 7. The van der Waals surface area contributed by atoms with Gasteiger partial charge in [0.2, 0.25) is 5.91 Å². The van der Waals surface area contributed by atoms with E-state index in [1.165, 1.54) is 30.3 Å². The molecule has 1 aliphatic rings. The Labute approximate surface area is 162 Å². The molecule has 8 nitrogen and oxygen atoms in total. The molecule has 0 bridgehead atoms. The Hall–Kier alpha value is -2.94. The molecule has 1 fully saturated rings. The van der Waals surface area contributed by atoms with Crippen LogP contribution >= 0.6 is 0 Å². The fourth-order valence-electron chi connectivity index (χ4n) is 3.04. The molecule has 1 heterocycles. The summed E-state index contributed by atoms with van der Waals surface area (Å²) in [5.74, 6) is 0.816. The largest absolute Gasteiger partial charge is 0.457 e. The Bertz CT molecular complexity index is 1000. The number of carbonyl (C=O) groups excluding carboxylic acids is 1. The molecule has 0 aliphatic carbocycles. The zero-order chi connectivity index (χ0) is 20.3. The molecule has 148 valence electrons. The molecule has 9 heteroatoms. The Morgan fingerprint density at radius 2 is 1.93 bits per heavy atom. The van der Waals surface area contributed by atoms with Gasteiger partial charge in [-0.15, -0.1) is 0 Å². The molecule has 0 saturated carbocycles. The van der Waals surface area contributed by atoms with Crippen LogP contribution in [0.25, 0.3) is 0 Å². The number of carbonyl (C=O) groups is 1. The van der Waals surface area contributed by atoms with E-state index >= 15 is 0 Å². The summed E-state index contributed by atoms with van der Waals surface area (Å²) in [5.41, 5.74) is 0.544. The highest BCUT2D eigenvalue weighted by atomic mass is 32.2. The van der Waals surface area contributed by atoms with Gasteiger partial charge < -0.3 is 10.1 Å². The molecule has 1 N–H and O–H groups in total. The maximum Gasteiger partial charge on any atom is 0.269 e. The van der Waals surface area contributed by atoms with Gasteiger partial charge in [-0.05, 0) is 43.2 Å². The van der Waals surface area contributed by atoms with Crippen molar-refractivity contribution in [3.8, 4) is 11.5 Å². The van der Waals surface area contributed by atoms with Gasteiger partial charge in [0.25, 0.3) is 5.69 Å². The predicted molar refractivity (Wildman–Crippen MR) is 102 cm³/mol. The Morgan fingerprint density at radius 1 is 1.21 bits per heavy atom. The molecular formula is C19H20N2O6S. The highest BCUT2D eigenvalue weighted by Gasteiger charge is 2.23. The average molecular weight is 404 g/mol. The van der Waals surface area contributed by atoms with Gasteiger partial charge in [0.05, 0.1) is 15.6 Å². The average Bonchev–Trinajstić information content (AvgIpc) is 3.08. The number of nitrogens with one attached hydrogen (secondary N) is 1. The number of hydrogen-bond acceptors (Lipinski definition) is 6. The van der Waals surface area contributed by atoms with Crippen molar-refractivity contribution < 1.29 is 22.9 Å². The third kappa shape index (κ3) is 4.48. The fraction of sp³-hybridized carbons (Fsp3) is 0.316. The van der Waals surface area contributed by atoms with Crippen molar-refractivity contribution in [1.29, 1.82) is 0 Å². The van der Waals surface area contributed by atoms with Crippen LogP contribution in [0.4, 0.5) is 5.69 Å². The quantitative estimate of drug-likeness (QED) is 0.560. The van der Waals surface area contributed by atoms with Gasteiger partial charge in [-0.25, -0.2) is 8.42 Å². The van der Waals surface area contributed by atoms with Gasteiger partial charge in [-0.1, -0.05) is 6.92 Å². The van der Waals surface area contributed by atoms with E-state index in [1.54, 1.807) is 19.1 Å². The zero-order valence-electron chi connectivity index (χ0n) is 15.3. The molecule has 0 aromatic heterocycles. The number of nitrogens with zero attached hydrogens (tertiary/aromatic N) is 1. The van der Waals surface area contributed by atoms with Crippen LogP contribution in [-0.2, 0) is 21.1 Å². The van der Waals surface area contributed by atoms with Crippen molar-refractivity contribution in [2.75, 3.05) is 5.75 Å². The molecule has 0 radical (unpaired) electrons. The fourth-order valence-corrected chi connectivity index (χ4v) is 3.93. The first kappa shape index (κ1) is 19.8. The summed E-state index contributed by atoms with van der Waals surface area (Å²) in [7, 11) is -3.30. The molecule has 1 amide bonds. The van der Waals surface area contributed by atoms with E-state index in [2.05, 4.69) is 5.32 Å². The molecule has 1 unspecified atom stereocenters. The Kier molecular flexibility index (Phi) is 5.64. The highest BCUT2D eigenvalue weighted by Crippen LogP contribution is 2.31. The van der Waals surface area contributed by atoms with Crippen LogP contribution in [0, 0.1) is 10.1 Å². The predicted octanol–water partition coefficient (Wildman–Crippen LogP) is 3.00. The van der Waals surface area contributed by atoms with Gasteiger partial charge in [-0.3, -0.25) is 14.9 Å². The number of benzene rings is 2. The van der Waals surface area contributed by atoms with Crippen molar-refractivity contribution in [3.05, 3.63) is 58.1 Å². The van der Waals surface area contributed by atoms with E-state index in [0.29, 0.717) is 36.3 Å². The maximum atomic E-state index is 11.9. The smallest absolute Gasteiger partial charge is 0.269 e. The van der Waals surface area contributed by atoms with Crippen LogP contribution in [0.3, 0.4) is 0 Å². The summed E-state index contributed by atoms with van der Waals surface area (Å²) < 4.78 is 29.7. The first-order chi connectivity index (χ1) is 13.3. The number of nitro groups is 1. The minimum absolute atomic E-state index is 0.00676. The lowest BCUT2D eigenvalue weighted by atomic mass is 10.0. The molecular weight excluding hydrogens is 384 g/mol.